The predicted molar refractivity (Wildman–Crippen MR) is 117 cm³/mol. The third-order valence-corrected chi connectivity index (χ3v) is 5.31. The van der Waals surface area contributed by atoms with Crippen molar-refractivity contribution in [3.63, 3.8) is 0 Å². The van der Waals surface area contributed by atoms with Crippen molar-refractivity contribution >= 4 is 44.6 Å². The molecule has 4 rings (SSSR count). The second kappa shape index (κ2) is 8.95. The van der Waals surface area contributed by atoms with Gasteiger partial charge >= 0.3 is 6.16 Å². The Bertz CT molecular complexity index is 1280. The van der Waals surface area contributed by atoms with E-state index in [1.54, 1.807) is 41.2 Å². The van der Waals surface area contributed by atoms with Crippen LogP contribution in [0, 0.1) is 5.82 Å². The van der Waals surface area contributed by atoms with Gasteiger partial charge in [0.2, 0.25) is 0 Å². The van der Waals surface area contributed by atoms with Gasteiger partial charge in [-0.3, -0.25) is 4.68 Å². The van der Waals surface area contributed by atoms with E-state index in [9.17, 15) is 9.18 Å². The largest absolute Gasteiger partial charge is 0.511 e. The topological polar surface area (TPSA) is 73.6 Å². The maximum Gasteiger partial charge on any atom is 0.511 e. The van der Waals surface area contributed by atoms with Crippen LogP contribution in [0.2, 0.25) is 5.02 Å². The zero-order valence-corrected chi connectivity index (χ0v) is 18.2. The Hall–Kier alpha value is -3.10. The zero-order chi connectivity index (χ0) is 22.0. The van der Waals surface area contributed by atoms with Crippen molar-refractivity contribution in [2.75, 3.05) is 0 Å². The van der Waals surface area contributed by atoms with E-state index in [-0.39, 0.29) is 12.4 Å². The fourth-order valence-electron chi connectivity index (χ4n) is 3.15. The summed E-state index contributed by atoms with van der Waals surface area (Å²) in [6.07, 6.45) is 0.159. The zero-order valence-electron chi connectivity index (χ0n) is 15.9. The molecule has 1 heterocycles. The van der Waals surface area contributed by atoms with Crippen LogP contribution >= 0.6 is 27.5 Å². The van der Waals surface area contributed by atoms with Crippen LogP contribution < -0.4 is 9.47 Å². The molecule has 0 fully saturated rings. The first-order chi connectivity index (χ1) is 14.9. The van der Waals surface area contributed by atoms with Gasteiger partial charge in [-0.2, -0.15) is 5.10 Å². The first kappa shape index (κ1) is 21.1. The van der Waals surface area contributed by atoms with E-state index in [4.69, 9.17) is 26.2 Å². The molecule has 6 nitrogen and oxygen atoms in total. The van der Waals surface area contributed by atoms with Crippen LogP contribution in [0.3, 0.4) is 0 Å². The lowest BCUT2D eigenvalue weighted by Crippen LogP contribution is -2.06. The van der Waals surface area contributed by atoms with E-state index in [1.165, 1.54) is 6.07 Å². The quantitative estimate of drug-likeness (QED) is 0.247. The number of carbonyl (C=O) groups is 1. The summed E-state index contributed by atoms with van der Waals surface area (Å²) in [5.41, 5.74) is 1.89. The van der Waals surface area contributed by atoms with Gasteiger partial charge in [-0.1, -0.05) is 39.7 Å². The van der Waals surface area contributed by atoms with Crippen LogP contribution in [0.25, 0.3) is 10.9 Å². The highest BCUT2D eigenvalue weighted by Gasteiger charge is 2.14. The van der Waals surface area contributed by atoms with Gasteiger partial charge in [0.05, 0.1) is 23.6 Å². The maximum absolute atomic E-state index is 14.1. The van der Waals surface area contributed by atoms with Crippen LogP contribution in [0.4, 0.5) is 9.18 Å². The van der Waals surface area contributed by atoms with Crippen molar-refractivity contribution < 1.29 is 23.8 Å². The number of rotatable bonds is 6. The average molecular weight is 506 g/mol. The summed E-state index contributed by atoms with van der Waals surface area (Å²) in [5, 5.41) is 14.2. The lowest BCUT2D eigenvalue weighted by Gasteiger charge is -2.13. The van der Waals surface area contributed by atoms with E-state index in [1.807, 2.05) is 18.2 Å². The Morgan fingerprint density at radius 1 is 1.13 bits per heavy atom. The molecule has 0 saturated carbocycles. The van der Waals surface area contributed by atoms with Crippen LogP contribution in [0.1, 0.15) is 11.1 Å². The summed E-state index contributed by atoms with van der Waals surface area (Å²) < 4.78 is 27.4. The van der Waals surface area contributed by atoms with E-state index < -0.39 is 12.0 Å². The van der Waals surface area contributed by atoms with Gasteiger partial charge in [-0.25, -0.2) is 9.18 Å². The molecule has 0 saturated heterocycles. The molecule has 0 radical (unpaired) electrons. The molecule has 0 aliphatic carbocycles. The third-order valence-electron chi connectivity index (χ3n) is 4.59. The molecule has 0 atom stereocenters. The van der Waals surface area contributed by atoms with Crippen molar-refractivity contribution in [3.8, 4) is 11.5 Å². The number of ether oxygens (including phenoxy) is 2. The minimum absolute atomic E-state index is 0.0358. The maximum atomic E-state index is 14.1. The second-order valence-electron chi connectivity index (χ2n) is 6.64. The van der Waals surface area contributed by atoms with Gasteiger partial charge in [0.1, 0.15) is 23.9 Å². The van der Waals surface area contributed by atoms with Crippen molar-refractivity contribution in [1.29, 1.82) is 0 Å². The van der Waals surface area contributed by atoms with Gasteiger partial charge in [0.25, 0.3) is 0 Å². The molecule has 3 aromatic carbocycles. The fraction of sp³-hybridized carbons (Fsp3) is 0.0909. The first-order valence-electron chi connectivity index (χ1n) is 9.11. The minimum Gasteiger partial charge on any atom is -0.488 e. The molecule has 158 valence electrons. The number of fused-ring (bicyclic) bond motifs is 1. The molecule has 1 N–H and O–H groups in total. The lowest BCUT2D eigenvalue weighted by molar-refractivity contribution is 0.145. The second-order valence-corrected chi connectivity index (χ2v) is 7.99. The van der Waals surface area contributed by atoms with Gasteiger partial charge in [0.15, 0.2) is 0 Å². The molecule has 0 aliphatic rings. The summed E-state index contributed by atoms with van der Waals surface area (Å²) in [5.74, 6) is 0.342. The number of nitrogens with zero attached hydrogens (tertiary/aromatic N) is 2. The molecular weight excluding hydrogens is 491 g/mol. The summed E-state index contributed by atoms with van der Waals surface area (Å²) in [6.45, 7) is 0.381. The van der Waals surface area contributed by atoms with Gasteiger partial charge < -0.3 is 14.6 Å². The number of carboxylic acid groups (broad SMARTS) is 1. The Morgan fingerprint density at radius 2 is 1.97 bits per heavy atom. The van der Waals surface area contributed by atoms with Crippen LogP contribution in [0.5, 0.6) is 11.5 Å². The number of hydrogen-bond donors (Lipinski definition) is 1. The standard InChI is InChI=1S/C22H15BrClFN2O4/c23-15-5-7-20(30-12-13-4-6-16(24)9-18(13)25)14(8-15)11-27-19-2-1-3-21(31-22(28)29)17(19)10-26-27/h1-10H,11-12H2,(H,28,29). The molecule has 0 bridgehead atoms. The fourth-order valence-corrected chi connectivity index (χ4v) is 3.72. The minimum atomic E-state index is -1.39. The Kier molecular flexibility index (Phi) is 6.11. The highest BCUT2D eigenvalue weighted by molar-refractivity contribution is 9.10. The third kappa shape index (κ3) is 4.81. The first-order valence-corrected chi connectivity index (χ1v) is 10.3. The van der Waals surface area contributed by atoms with Gasteiger partial charge in [-0.15, -0.1) is 0 Å². The molecule has 0 aliphatic heterocycles. The molecule has 0 spiro atoms. The monoisotopic (exact) mass is 504 g/mol. The number of aromatic nitrogens is 2. The van der Waals surface area contributed by atoms with Crippen molar-refractivity contribution in [2.24, 2.45) is 0 Å². The van der Waals surface area contributed by atoms with Crippen molar-refractivity contribution in [3.05, 3.63) is 87.2 Å². The average Bonchev–Trinajstić information content (AvgIpc) is 3.12. The van der Waals surface area contributed by atoms with Crippen LogP contribution in [0.15, 0.2) is 65.3 Å². The van der Waals surface area contributed by atoms with Gasteiger partial charge in [-0.05, 0) is 42.5 Å². The number of halogens is 3. The van der Waals surface area contributed by atoms with E-state index in [0.717, 1.165) is 10.0 Å². The summed E-state index contributed by atoms with van der Waals surface area (Å²) in [4.78, 5) is 10.9. The normalized spacial score (nSPS) is 10.9. The Labute approximate surface area is 189 Å². The Morgan fingerprint density at radius 3 is 2.74 bits per heavy atom. The highest BCUT2D eigenvalue weighted by Crippen LogP contribution is 2.29. The SMILES string of the molecule is O=C(O)Oc1cccc2c1cnn2Cc1cc(Br)ccc1OCc1ccc(Cl)cc1F. The lowest BCUT2D eigenvalue weighted by atomic mass is 10.2. The van der Waals surface area contributed by atoms with E-state index in [2.05, 4.69) is 21.0 Å². The molecule has 31 heavy (non-hydrogen) atoms. The van der Waals surface area contributed by atoms with E-state index in [0.29, 0.717) is 33.8 Å². The van der Waals surface area contributed by atoms with Crippen LogP contribution in [-0.2, 0) is 13.2 Å². The summed E-state index contributed by atoms with van der Waals surface area (Å²) >= 11 is 9.27. The highest BCUT2D eigenvalue weighted by atomic mass is 79.9. The van der Waals surface area contributed by atoms with Crippen LogP contribution in [-0.4, -0.2) is 21.0 Å². The van der Waals surface area contributed by atoms with E-state index >= 15 is 0 Å². The smallest absolute Gasteiger partial charge is 0.488 e. The summed E-state index contributed by atoms with van der Waals surface area (Å²) in [7, 11) is 0. The Balaban J connectivity index is 1.62. The molecule has 0 unspecified atom stereocenters. The number of hydrogen-bond acceptors (Lipinski definition) is 4. The summed E-state index contributed by atoms with van der Waals surface area (Å²) in [6, 6.07) is 15.0. The molecule has 4 aromatic rings. The van der Waals surface area contributed by atoms with Gasteiger partial charge in [0, 0.05) is 20.6 Å². The molecular formula is C22H15BrClFN2O4. The van der Waals surface area contributed by atoms with Crippen molar-refractivity contribution in [2.45, 2.75) is 13.2 Å². The molecule has 0 amide bonds. The predicted octanol–water partition coefficient (Wildman–Crippen LogP) is 6.28. The molecule has 1 aromatic heterocycles. The number of benzene rings is 3. The van der Waals surface area contributed by atoms with Crippen molar-refractivity contribution in [1.82, 2.24) is 9.78 Å². The molecule has 9 heteroatoms.